The molecule has 1 aliphatic heterocycles. The summed E-state index contributed by atoms with van der Waals surface area (Å²) in [6.45, 7) is 2.29. The molecule has 102 valence electrons. The van der Waals surface area contributed by atoms with Gasteiger partial charge in [-0.2, -0.15) is 0 Å². The first-order chi connectivity index (χ1) is 9.13. The molecule has 2 rings (SSSR count). The molecule has 0 spiro atoms. The maximum Gasteiger partial charge on any atom is 0.307 e. The molecule has 1 fully saturated rings. The van der Waals surface area contributed by atoms with Crippen LogP contribution in [0.5, 0.6) is 0 Å². The van der Waals surface area contributed by atoms with Gasteiger partial charge in [-0.05, 0) is 12.5 Å². The Morgan fingerprint density at radius 2 is 2.05 bits per heavy atom. The van der Waals surface area contributed by atoms with Gasteiger partial charge in [-0.3, -0.25) is 14.9 Å². The molecule has 1 heterocycles. The van der Waals surface area contributed by atoms with Crippen molar-refractivity contribution in [2.45, 2.75) is 25.6 Å². The minimum atomic E-state index is -0.325. The standard InChI is InChI=1S/C14H18N2O3/c1-10-15-13(11-6-4-3-5-7-11)14(18)16(10)9-8-12(17)19-2/h3-7,10,13,15H,8-9H2,1-2H3. The molecule has 0 aromatic heterocycles. The number of hydrogen-bond donors (Lipinski definition) is 1. The molecule has 0 radical (unpaired) electrons. The lowest BCUT2D eigenvalue weighted by Crippen LogP contribution is -2.36. The van der Waals surface area contributed by atoms with Crippen LogP contribution in [0.25, 0.3) is 0 Å². The smallest absolute Gasteiger partial charge is 0.307 e. The largest absolute Gasteiger partial charge is 0.469 e. The Morgan fingerprint density at radius 1 is 1.37 bits per heavy atom. The number of ether oxygens (including phenoxy) is 1. The summed E-state index contributed by atoms with van der Waals surface area (Å²) in [6.07, 6.45) is 0.137. The highest BCUT2D eigenvalue weighted by Crippen LogP contribution is 2.23. The highest BCUT2D eigenvalue weighted by atomic mass is 16.5. The highest BCUT2D eigenvalue weighted by Gasteiger charge is 2.37. The molecular weight excluding hydrogens is 244 g/mol. The second-order valence-electron chi connectivity index (χ2n) is 4.54. The van der Waals surface area contributed by atoms with Crippen molar-refractivity contribution in [2.75, 3.05) is 13.7 Å². The van der Waals surface area contributed by atoms with E-state index in [-0.39, 0.29) is 30.5 Å². The van der Waals surface area contributed by atoms with E-state index in [1.165, 1.54) is 7.11 Å². The second-order valence-corrected chi connectivity index (χ2v) is 4.54. The molecule has 5 heteroatoms. The molecule has 1 aliphatic rings. The van der Waals surface area contributed by atoms with Crippen LogP contribution in [0.2, 0.25) is 0 Å². The normalized spacial score (nSPS) is 22.6. The Morgan fingerprint density at radius 3 is 2.68 bits per heavy atom. The van der Waals surface area contributed by atoms with Crippen molar-refractivity contribution in [1.82, 2.24) is 10.2 Å². The molecule has 1 N–H and O–H groups in total. The van der Waals surface area contributed by atoms with Gasteiger partial charge in [0.25, 0.3) is 0 Å². The number of rotatable bonds is 4. The van der Waals surface area contributed by atoms with Crippen molar-refractivity contribution >= 4 is 11.9 Å². The van der Waals surface area contributed by atoms with Crippen molar-refractivity contribution in [3.8, 4) is 0 Å². The fraction of sp³-hybridized carbons (Fsp3) is 0.429. The van der Waals surface area contributed by atoms with Crippen LogP contribution in [0.15, 0.2) is 30.3 Å². The Labute approximate surface area is 112 Å². The predicted molar refractivity (Wildman–Crippen MR) is 70.1 cm³/mol. The molecule has 1 aromatic carbocycles. The van der Waals surface area contributed by atoms with Crippen LogP contribution >= 0.6 is 0 Å². The van der Waals surface area contributed by atoms with Crippen LogP contribution in [0.4, 0.5) is 0 Å². The number of hydrogen-bond acceptors (Lipinski definition) is 4. The van der Waals surface area contributed by atoms with Crippen molar-refractivity contribution in [3.63, 3.8) is 0 Å². The Hall–Kier alpha value is -1.88. The maximum atomic E-state index is 12.3. The molecule has 1 amide bonds. The van der Waals surface area contributed by atoms with E-state index in [0.29, 0.717) is 6.54 Å². The zero-order valence-corrected chi connectivity index (χ0v) is 11.1. The average Bonchev–Trinajstić information content (AvgIpc) is 2.72. The molecule has 1 aromatic rings. The van der Waals surface area contributed by atoms with Gasteiger partial charge in [0.2, 0.25) is 5.91 Å². The molecular formula is C14H18N2O3. The number of methoxy groups -OCH3 is 1. The Kier molecular flexibility index (Phi) is 4.16. The van der Waals surface area contributed by atoms with Gasteiger partial charge in [-0.15, -0.1) is 0 Å². The number of benzene rings is 1. The lowest BCUT2D eigenvalue weighted by Gasteiger charge is -2.19. The summed E-state index contributed by atoms with van der Waals surface area (Å²) in [5.74, 6) is -0.300. The van der Waals surface area contributed by atoms with Gasteiger partial charge >= 0.3 is 5.97 Å². The fourth-order valence-electron chi connectivity index (χ4n) is 2.26. The van der Waals surface area contributed by atoms with Crippen LogP contribution in [0.1, 0.15) is 24.9 Å². The first-order valence-electron chi connectivity index (χ1n) is 6.31. The molecule has 0 saturated carbocycles. The van der Waals surface area contributed by atoms with Crippen LogP contribution in [-0.4, -0.2) is 36.6 Å². The summed E-state index contributed by atoms with van der Waals surface area (Å²) in [5.41, 5.74) is 0.944. The van der Waals surface area contributed by atoms with E-state index in [2.05, 4.69) is 10.1 Å². The molecule has 2 unspecified atom stereocenters. The number of nitrogens with zero attached hydrogens (tertiary/aromatic N) is 1. The number of nitrogens with one attached hydrogen (secondary N) is 1. The van der Waals surface area contributed by atoms with E-state index in [9.17, 15) is 9.59 Å². The summed E-state index contributed by atoms with van der Waals surface area (Å²) >= 11 is 0. The van der Waals surface area contributed by atoms with Crippen molar-refractivity contribution in [3.05, 3.63) is 35.9 Å². The molecule has 0 bridgehead atoms. The van der Waals surface area contributed by atoms with Gasteiger partial charge in [0, 0.05) is 6.54 Å². The van der Waals surface area contributed by atoms with Crippen molar-refractivity contribution in [2.24, 2.45) is 0 Å². The molecule has 19 heavy (non-hydrogen) atoms. The summed E-state index contributed by atoms with van der Waals surface area (Å²) < 4.78 is 4.59. The van der Waals surface area contributed by atoms with Gasteiger partial charge in [0.15, 0.2) is 0 Å². The number of carbonyl (C=O) groups excluding carboxylic acids is 2. The van der Waals surface area contributed by atoms with Gasteiger partial charge in [-0.25, -0.2) is 0 Å². The third kappa shape index (κ3) is 2.93. The average molecular weight is 262 g/mol. The van der Waals surface area contributed by atoms with Gasteiger partial charge < -0.3 is 9.64 Å². The van der Waals surface area contributed by atoms with Crippen LogP contribution < -0.4 is 5.32 Å². The Balaban J connectivity index is 2.04. The lowest BCUT2D eigenvalue weighted by atomic mass is 10.1. The predicted octanol–water partition coefficient (Wildman–Crippen LogP) is 1.07. The quantitative estimate of drug-likeness (QED) is 0.825. The summed E-state index contributed by atoms with van der Waals surface area (Å²) in [4.78, 5) is 25.2. The highest BCUT2D eigenvalue weighted by molar-refractivity contribution is 5.86. The van der Waals surface area contributed by atoms with E-state index in [1.54, 1.807) is 4.90 Å². The number of carbonyl (C=O) groups is 2. The molecule has 5 nitrogen and oxygen atoms in total. The van der Waals surface area contributed by atoms with Gasteiger partial charge in [-0.1, -0.05) is 30.3 Å². The van der Waals surface area contributed by atoms with E-state index in [1.807, 2.05) is 37.3 Å². The van der Waals surface area contributed by atoms with Gasteiger partial charge in [0.05, 0.1) is 19.7 Å². The first kappa shape index (κ1) is 13.5. The maximum absolute atomic E-state index is 12.3. The van der Waals surface area contributed by atoms with Crippen LogP contribution in [0, 0.1) is 0 Å². The monoisotopic (exact) mass is 262 g/mol. The fourth-order valence-corrected chi connectivity index (χ4v) is 2.26. The molecule has 0 aliphatic carbocycles. The van der Waals surface area contributed by atoms with Crippen LogP contribution in [-0.2, 0) is 14.3 Å². The second kappa shape index (κ2) is 5.84. The molecule has 1 saturated heterocycles. The Bertz CT molecular complexity index is 461. The summed E-state index contributed by atoms with van der Waals surface area (Å²) in [5, 5.41) is 3.24. The SMILES string of the molecule is COC(=O)CCN1C(=O)C(c2ccccc2)NC1C. The van der Waals surface area contributed by atoms with E-state index in [4.69, 9.17) is 0 Å². The summed E-state index contributed by atoms with van der Waals surface area (Å²) in [6, 6.07) is 9.26. The molecule has 2 atom stereocenters. The van der Waals surface area contributed by atoms with Crippen molar-refractivity contribution < 1.29 is 14.3 Å². The minimum Gasteiger partial charge on any atom is -0.469 e. The van der Waals surface area contributed by atoms with E-state index >= 15 is 0 Å². The van der Waals surface area contributed by atoms with Crippen molar-refractivity contribution in [1.29, 1.82) is 0 Å². The summed E-state index contributed by atoms with van der Waals surface area (Å²) in [7, 11) is 1.35. The topological polar surface area (TPSA) is 58.6 Å². The lowest BCUT2D eigenvalue weighted by molar-refractivity contribution is -0.141. The van der Waals surface area contributed by atoms with E-state index < -0.39 is 0 Å². The third-order valence-corrected chi connectivity index (χ3v) is 3.32. The first-order valence-corrected chi connectivity index (χ1v) is 6.31. The van der Waals surface area contributed by atoms with Gasteiger partial charge in [0.1, 0.15) is 6.04 Å². The minimum absolute atomic E-state index is 0.00241. The van der Waals surface area contributed by atoms with Crippen LogP contribution in [0.3, 0.4) is 0 Å². The number of esters is 1. The van der Waals surface area contributed by atoms with E-state index in [0.717, 1.165) is 5.56 Å². The number of amides is 1. The third-order valence-electron chi connectivity index (χ3n) is 3.32. The zero-order valence-electron chi connectivity index (χ0n) is 11.1. The zero-order chi connectivity index (χ0) is 13.8.